The average Bonchev–Trinajstić information content (AvgIpc) is 2.57. The van der Waals surface area contributed by atoms with Gasteiger partial charge in [0, 0.05) is 28.9 Å². The zero-order chi connectivity index (χ0) is 17.7. The van der Waals surface area contributed by atoms with E-state index in [0.717, 1.165) is 11.3 Å². The van der Waals surface area contributed by atoms with Crippen molar-refractivity contribution in [2.24, 2.45) is 0 Å². The molecule has 0 aliphatic carbocycles. The molecule has 24 heavy (non-hydrogen) atoms. The summed E-state index contributed by atoms with van der Waals surface area (Å²) in [5, 5.41) is 3.72. The Morgan fingerprint density at radius 3 is 2.46 bits per heavy atom. The monoisotopic (exact) mass is 343 g/mol. The van der Waals surface area contributed by atoms with Crippen LogP contribution in [0.1, 0.15) is 41.3 Å². The number of hydrogen-bond acceptors (Lipinski definition) is 3. The summed E-state index contributed by atoms with van der Waals surface area (Å²) in [6.45, 7) is 6.17. The molecular weight excluding hydrogens is 322 g/mol. The highest BCUT2D eigenvalue weighted by atomic mass is 35.5. The Hall–Kier alpha value is -2.26. The third kappa shape index (κ3) is 4.39. The molecule has 2 rings (SSSR count). The quantitative estimate of drug-likeness (QED) is 0.549. The minimum atomic E-state index is -0.0533. The molecule has 0 aliphatic heterocycles. The maximum Gasteiger partial charge on any atom is 0.187 e. The molecule has 0 radical (unpaired) electrons. The second-order valence-corrected chi connectivity index (χ2v) is 6.33. The first-order valence-electron chi connectivity index (χ1n) is 7.84. The lowest BCUT2D eigenvalue weighted by atomic mass is 10.0. The molecule has 2 aromatic carbocycles. The molecule has 2 aromatic rings. The third-order valence-corrected chi connectivity index (χ3v) is 4.22. The SMILES string of the molecule is COc1cc(Cl)c(C)cc1NC=CC(=O)c1ccc(C(C)C)cc1. The van der Waals surface area contributed by atoms with Gasteiger partial charge in [0.15, 0.2) is 5.78 Å². The lowest BCUT2D eigenvalue weighted by Crippen LogP contribution is -1.98. The van der Waals surface area contributed by atoms with Gasteiger partial charge < -0.3 is 10.1 Å². The number of ether oxygens (including phenoxy) is 1. The number of ketones is 1. The van der Waals surface area contributed by atoms with Gasteiger partial charge in [0.25, 0.3) is 0 Å². The fourth-order valence-corrected chi connectivity index (χ4v) is 2.43. The standard InChI is InChI=1S/C20H22ClNO2/c1-13(2)15-5-7-16(8-6-15)19(23)9-10-22-18-11-14(3)17(21)12-20(18)24-4/h5-13,22H,1-4H3. The van der Waals surface area contributed by atoms with E-state index < -0.39 is 0 Å². The second-order valence-electron chi connectivity index (χ2n) is 5.92. The first-order chi connectivity index (χ1) is 11.4. The molecule has 0 saturated carbocycles. The predicted molar refractivity (Wildman–Crippen MR) is 100 cm³/mol. The molecule has 0 amide bonds. The van der Waals surface area contributed by atoms with Crippen molar-refractivity contribution >= 4 is 23.1 Å². The maximum absolute atomic E-state index is 12.2. The normalized spacial score (nSPS) is 11.1. The number of hydrogen-bond donors (Lipinski definition) is 1. The smallest absolute Gasteiger partial charge is 0.187 e. The molecule has 0 atom stereocenters. The number of anilines is 1. The number of carbonyl (C=O) groups excluding carboxylic acids is 1. The molecule has 1 N–H and O–H groups in total. The lowest BCUT2D eigenvalue weighted by molar-refractivity contribution is 0.104. The Morgan fingerprint density at radius 2 is 1.88 bits per heavy atom. The molecule has 0 saturated heterocycles. The van der Waals surface area contributed by atoms with Gasteiger partial charge in [-0.1, -0.05) is 49.7 Å². The van der Waals surface area contributed by atoms with Gasteiger partial charge in [0.2, 0.25) is 0 Å². The minimum Gasteiger partial charge on any atom is -0.495 e. The Balaban J connectivity index is 2.08. The summed E-state index contributed by atoms with van der Waals surface area (Å²) in [6, 6.07) is 11.3. The summed E-state index contributed by atoms with van der Waals surface area (Å²) in [4.78, 5) is 12.2. The molecule has 0 unspecified atom stereocenters. The Bertz CT molecular complexity index is 749. The van der Waals surface area contributed by atoms with Crippen LogP contribution >= 0.6 is 11.6 Å². The number of allylic oxidation sites excluding steroid dienone is 1. The predicted octanol–water partition coefficient (Wildman–Crippen LogP) is 5.59. The van der Waals surface area contributed by atoms with Gasteiger partial charge in [-0.15, -0.1) is 0 Å². The molecular formula is C20H22ClNO2. The Morgan fingerprint density at radius 1 is 1.21 bits per heavy atom. The van der Waals surface area contributed by atoms with E-state index in [1.807, 2.05) is 37.3 Å². The second kappa shape index (κ2) is 8.02. The zero-order valence-electron chi connectivity index (χ0n) is 14.4. The van der Waals surface area contributed by atoms with Crippen molar-refractivity contribution in [3.05, 3.63) is 70.4 Å². The number of benzene rings is 2. The van der Waals surface area contributed by atoms with Crippen molar-refractivity contribution in [2.75, 3.05) is 12.4 Å². The first-order valence-corrected chi connectivity index (χ1v) is 8.21. The average molecular weight is 344 g/mol. The lowest BCUT2D eigenvalue weighted by Gasteiger charge is -2.10. The van der Waals surface area contributed by atoms with E-state index in [-0.39, 0.29) is 5.78 Å². The summed E-state index contributed by atoms with van der Waals surface area (Å²) < 4.78 is 5.29. The number of rotatable bonds is 6. The van der Waals surface area contributed by atoms with Crippen LogP contribution in [0.5, 0.6) is 5.75 Å². The van der Waals surface area contributed by atoms with Gasteiger partial charge in [0.05, 0.1) is 12.8 Å². The van der Waals surface area contributed by atoms with Crippen LogP contribution in [0.2, 0.25) is 5.02 Å². The van der Waals surface area contributed by atoms with Gasteiger partial charge in [-0.2, -0.15) is 0 Å². The molecule has 0 spiro atoms. The molecule has 0 aromatic heterocycles. The Kier molecular flexibility index (Phi) is 6.04. The number of halogens is 1. The highest BCUT2D eigenvalue weighted by Gasteiger charge is 2.06. The van der Waals surface area contributed by atoms with Crippen molar-refractivity contribution in [3.63, 3.8) is 0 Å². The highest BCUT2D eigenvalue weighted by molar-refractivity contribution is 6.31. The number of nitrogens with one attached hydrogen (secondary N) is 1. The van der Waals surface area contributed by atoms with Crippen molar-refractivity contribution in [1.29, 1.82) is 0 Å². The van der Waals surface area contributed by atoms with Crippen molar-refractivity contribution in [3.8, 4) is 5.75 Å². The summed E-state index contributed by atoms with van der Waals surface area (Å²) in [5.41, 5.74) is 3.58. The van der Waals surface area contributed by atoms with E-state index in [2.05, 4.69) is 19.2 Å². The van der Waals surface area contributed by atoms with Crippen LogP contribution in [0.25, 0.3) is 0 Å². The maximum atomic E-state index is 12.2. The van der Waals surface area contributed by atoms with E-state index in [1.54, 1.807) is 19.4 Å². The van der Waals surface area contributed by atoms with Crippen LogP contribution < -0.4 is 10.1 Å². The third-order valence-electron chi connectivity index (χ3n) is 3.82. The summed E-state index contributed by atoms with van der Waals surface area (Å²) >= 11 is 6.08. The highest BCUT2D eigenvalue weighted by Crippen LogP contribution is 2.30. The van der Waals surface area contributed by atoms with Gasteiger partial charge in [0.1, 0.15) is 5.75 Å². The van der Waals surface area contributed by atoms with E-state index in [4.69, 9.17) is 16.3 Å². The topological polar surface area (TPSA) is 38.3 Å². The van der Waals surface area contributed by atoms with Crippen molar-refractivity contribution in [2.45, 2.75) is 26.7 Å². The largest absolute Gasteiger partial charge is 0.495 e. The molecule has 4 heteroatoms. The van der Waals surface area contributed by atoms with E-state index in [9.17, 15) is 4.79 Å². The molecule has 126 valence electrons. The number of carbonyl (C=O) groups is 1. The van der Waals surface area contributed by atoms with E-state index in [0.29, 0.717) is 22.3 Å². The van der Waals surface area contributed by atoms with E-state index in [1.165, 1.54) is 11.6 Å². The van der Waals surface area contributed by atoms with Crippen LogP contribution in [0.4, 0.5) is 5.69 Å². The number of aryl methyl sites for hydroxylation is 1. The summed E-state index contributed by atoms with van der Waals surface area (Å²) in [7, 11) is 1.58. The molecule has 3 nitrogen and oxygen atoms in total. The molecule has 0 bridgehead atoms. The van der Waals surface area contributed by atoms with Gasteiger partial charge in [-0.25, -0.2) is 0 Å². The molecule has 0 fully saturated rings. The van der Waals surface area contributed by atoms with Crippen LogP contribution in [-0.2, 0) is 0 Å². The van der Waals surface area contributed by atoms with Crippen LogP contribution in [0, 0.1) is 6.92 Å². The fourth-order valence-electron chi connectivity index (χ4n) is 2.28. The van der Waals surface area contributed by atoms with Crippen LogP contribution in [-0.4, -0.2) is 12.9 Å². The van der Waals surface area contributed by atoms with Crippen LogP contribution in [0.3, 0.4) is 0 Å². The number of methoxy groups -OCH3 is 1. The fraction of sp³-hybridized carbons (Fsp3) is 0.250. The molecule has 0 aliphatic rings. The van der Waals surface area contributed by atoms with Crippen molar-refractivity contribution in [1.82, 2.24) is 0 Å². The minimum absolute atomic E-state index is 0.0533. The van der Waals surface area contributed by atoms with Gasteiger partial charge >= 0.3 is 0 Å². The van der Waals surface area contributed by atoms with Gasteiger partial charge in [-0.05, 0) is 30.0 Å². The first kappa shape index (κ1) is 18.1. The molecule has 0 heterocycles. The zero-order valence-corrected chi connectivity index (χ0v) is 15.1. The van der Waals surface area contributed by atoms with Crippen molar-refractivity contribution < 1.29 is 9.53 Å². The summed E-state index contributed by atoms with van der Waals surface area (Å²) in [6.07, 6.45) is 3.12. The van der Waals surface area contributed by atoms with Crippen LogP contribution in [0.15, 0.2) is 48.7 Å². The van der Waals surface area contributed by atoms with Gasteiger partial charge in [-0.3, -0.25) is 4.79 Å². The Labute approximate surface area is 148 Å². The summed E-state index contributed by atoms with van der Waals surface area (Å²) in [5.74, 6) is 1.03. The van der Waals surface area contributed by atoms with E-state index >= 15 is 0 Å².